The van der Waals surface area contributed by atoms with Gasteiger partial charge in [-0.3, -0.25) is 0 Å². The van der Waals surface area contributed by atoms with Gasteiger partial charge in [0.05, 0.1) is 0 Å². The van der Waals surface area contributed by atoms with Crippen LogP contribution >= 0.6 is 46.4 Å². The summed E-state index contributed by atoms with van der Waals surface area (Å²) < 4.78 is -1.61. The molecule has 0 fully saturated rings. The van der Waals surface area contributed by atoms with E-state index in [4.69, 9.17) is 46.4 Å². The zero-order valence-electron chi connectivity index (χ0n) is 2.01. The van der Waals surface area contributed by atoms with E-state index in [1.165, 1.54) is 0 Å². The second-order valence-electron chi connectivity index (χ2n) is 0.429. The van der Waals surface area contributed by atoms with Gasteiger partial charge in [-0.05, 0) is 0 Å². The molecule has 0 atom stereocenters. The van der Waals surface area contributed by atoms with Gasteiger partial charge >= 0.3 is 18.9 Å². The standard InChI is InChI=1S/CCl4.Li.H/c2-1(3,4)5;;. The molecule has 0 bridgehead atoms. The Morgan fingerprint density at radius 1 is 0.833 bits per heavy atom. The Kier molecular flexibility index (Phi) is 6.63. The molecule has 6 heavy (non-hydrogen) atoms. The number of halogens is 4. The predicted molar refractivity (Wildman–Crippen MR) is 33.3 cm³/mol. The van der Waals surface area contributed by atoms with E-state index < -0.39 is 3.25 Å². The third-order valence-corrected chi connectivity index (χ3v) is 0. The molecule has 34 valence electrons. The average molecular weight is 162 g/mol. The monoisotopic (exact) mass is 160 g/mol. The van der Waals surface area contributed by atoms with E-state index in [1.54, 1.807) is 0 Å². The summed E-state index contributed by atoms with van der Waals surface area (Å²) >= 11 is 19.3. The van der Waals surface area contributed by atoms with Crippen LogP contribution in [0.2, 0.25) is 0 Å². The second kappa shape index (κ2) is 3.72. The van der Waals surface area contributed by atoms with E-state index in [9.17, 15) is 0 Å². The van der Waals surface area contributed by atoms with Crippen molar-refractivity contribution in [1.82, 2.24) is 0 Å². The van der Waals surface area contributed by atoms with Crippen molar-refractivity contribution in [2.45, 2.75) is 3.25 Å². The van der Waals surface area contributed by atoms with Gasteiger partial charge in [-0.15, -0.1) is 0 Å². The van der Waals surface area contributed by atoms with E-state index in [1.807, 2.05) is 0 Å². The minimum atomic E-state index is -1.61. The summed E-state index contributed by atoms with van der Waals surface area (Å²) in [5.74, 6) is 0. The molecule has 0 saturated carbocycles. The molecular formula is CHCl4Li. The Morgan fingerprint density at radius 3 is 0.833 bits per heavy atom. The van der Waals surface area contributed by atoms with Crippen LogP contribution in [0.5, 0.6) is 0 Å². The number of hydrogen-bond acceptors (Lipinski definition) is 0. The first-order chi connectivity index (χ1) is 2.00. The van der Waals surface area contributed by atoms with Gasteiger partial charge in [0.1, 0.15) is 0 Å². The molecule has 0 radical (unpaired) electrons. The molecule has 0 aromatic rings. The van der Waals surface area contributed by atoms with Crippen molar-refractivity contribution in [2.75, 3.05) is 0 Å². The SMILES string of the molecule is ClC(Cl)(Cl)Cl.[LiH]. The van der Waals surface area contributed by atoms with Crippen molar-refractivity contribution in [2.24, 2.45) is 0 Å². The molecule has 0 spiro atoms. The molecule has 0 aromatic carbocycles. The zero-order chi connectivity index (χ0) is 4.50. The second-order valence-corrected chi connectivity index (χ2v) is 3.86. The zero-order valence-corrected chi connectivity index (χ0v) is 5.04. The van der Waals surface area contributed by atoms with Gasteiger partial charge in [-0.1, -0.05) is 46.4 Å². The maximum atomic E-state index is 4.83. The first-order valence-corrected chi connectivity index (χ1v) is 2.27. The Bertz CT molecular complexity index is 23.0. The van der Waals surface area contributed by atoms with Crippen molar-refractivity contribution in [1.29, 1.82) is 0 Å². The summed E-state index contributed by atoms with van der Waals surface area (Å²) in [4.78, 5) is 0. The van der Waals surface area contributed by atoms with Crippen LogP contribution < -0.4 is 0 Å². The maximum absolute atomic E-state index is 4.83. The Balaban J connectivity index is 0. The first kappa shape index (κ1) is 10.7. The average Bonchev–Trinajstić information content (AvgIpc) is 0.722. The molecule has 0 aliphatic heterocycles. The molecule has 0 unspecified atom stereocenters. The normalized spacial score (nSPS) is 10.0. The summed E-state index contributed by atoms with van der Waals surface area (Å²) in [5.41, 5.74) is 0. The molecule has 0 saturated heterocycles. The van der Waals surface area contributed by atoms with Gasteiger partial charge in [0.2, 0.25) is 0 Å². The van der Waals surface area contributed by atoms with Crippen molar-refractivity contribution >= 4 is 65.3 Å². The summed E-state index contributed by atoms with van der Waals surface area (Å²) in [6, 6.07) is 0. The Hall–Kier alpha value is 1.76. The van der Waals surface area contributed by atoms with Crippen molar-refractivity contribution in [3.05, 3.63) is 0 Å². The Morgan fingerprint density at radius 2 is 0.833 bits per heavy atom. The van der Waals surface area contributed by atoms with Crippen LogP contribution in [0.4, 0.5) is 0 Å². The van der Waals surface area contributed by atoms with Gasteiger partial charge in [0, 0.05) is 0 Å². The van der Waals surface area contributed by atoms with E-state index in [0.29, 0.717) is 0 Å². The molecule has 0 aliphatic carbocycles. The van der Waals surface area contributed by atoms with Gasteiger partial charge in [0.15, 0.2) is 0 Å². The fourth-order valence-corrected chi connectivity index (χ4v) is 0. The minimum absolute atomic E-state index is 0. The van der Waals surface area contributed by atoms with Crippen LogP contribution in [0, 0.1) is 0 Å². The quantitative estimate of drug-likeness (QED) is 0.376. The number of hydrogen-bond donors (Lipinski definition) is 0. The van der Waals surface area contributed by atoms with Crippen LogP contribution in [-0.2, 0) is 0 Å². The molecule has 0 heterocycles. The summed E-state index contributed by atoms with van der Waals surface area (Å²) in [5, 5.41) is 0. The van der Waals surface area contributed by atoms with Crippen molar-refractivity contribution < 1.29 is 0 Å². The third-order valence-electron chi connectivity index (χ3n) is 0. The first-order valence-electron chi connectivity index (χ1n) is 0.756. The molecule has 0 N–H and O–H groups in total. The third kappa shape index (κ3) is 42.2. The van der Waals surface area contributed by atoms with Gasteiger partial charge in [0.25, 0.3) is 3.25 Å². The molecular weight excluding hydrogens is 161 g/mol. The summed E-state index contributed by atoms with van der Waals surface area (Å²) in [7, 11) is 0. The predicted octanol–water partition coefficient (Wildman–Crippen LogP) is 1.90. The van der Waals surface area contributed by atoms with Crippen LogP contribution in [0.1, 0.15) is 0 Å². The van der Waals surface area contributed by atoms with Gasteiger partial charge in [-0.25, -0.2) is 0 Å². The van der Waals surface area contributed by atoms with E-state index in [0.717, 1.165) is 0 Å². The van der Waals surface area contributed by atoms with E-state index in [2.05, 4.69) is 0 Å². The van der Waals surface area contributed by atoms with Crippen molar-refractivity contribution in [3.8, 4) is 0 Å². The van der Waals surface area contributed by atoms with Crippen LogP contribution in [0.15, 0.2) is 0 Å². The summed E-state index contributed by atoms with van der Waals surface area (Å²) in [6.45, 7) is 0. The molecule has 0 rings (SSSR count). The summed E-state index contributed by atoms with van der Waals surface area (Å²) in [6.07, 6.45) is 0. The van der Waals surface area contributed by atoms with Crippen LogP contribution in [0.25, 0.3) is 0 Å². The fraction of sp³-hybridized carbons (Fsp3) is 1.00. The van der Waals surface area contributed by atoms with Crippen LogP contribution in [0.3, 0.4) is 0 Å². The van der Waals surface area contributed by atoms with E-state index in [-0.39, 0.29) is 18.9 Å². The van der Waals surface area contributed by atoms with E-state index >= 15 is 0 Å². The Labute approximate surface area is 68.2 Å². The number of alkyl halides is 4. The molecule has 5 heteroatoms. The van der Waals surface area contributed by atoms with Gasteiger partial charge < -0.3 is 0 Å². The molecule has 0 aromatic heterocycles. The topological polar surface area (TPSA) is 0 Å². The molecule has 0 nitrogen and oxygen atoms in total. The fourth-order valence-electron chi connectivity index (χ4n) is 0. The van der Waals surface area contributed by atoms with Crippen LogP contribution in [-0.4, -0.2) is 22.1 Å². The molecule has 0 aliphatic rings. The van der Waals surface area contributed by atoms with Crippen molar-refractivity contribution in [3.63, 3.8) is 0 Å². The number of rotatable bonds is 0. The van der Waals surface area contributed by atoms with Gasteiger partial charge in [-0.2, -0.15) is 0 Å². The molecule has 0 amide bonds.